The van der Waals surface area contributed by atoms with Crippen molar-refractivity contribution in [3.8, 4) is 17.2 Å². The number of rotatable bonds is 3. The minimum Gasteiger partial charge on any atom is -0.444 e. The van der Waals surface area contributed by atoms with Crippen LogP contribution in [0, 0.1) is 24.1 Å². The van der Waals surface area contributed by atoms with Crippen LogP contribution in [0.1, 0.15) is 54.0 Å². The lowest BCUT2D eigenvalue weighted by molar-refractivity contribution is 0.0534. The summed E-state index contributed by atoms with van der Waals surface area (Å²) in [4.78, 5) is 10.1. The second kappa shape index (κ2) is 16.0. The second-order valence-electron chi connectivity index (χ2n) is 6.91. The quantitative estimate of drug-likeness (QED) is 0.346. The van der Waals surface area contributed by atoms with Gasteiger partial charge < -0.3 is 10.1 Å². The molecule has 33 heavy (non-hydrogen) atoms. The van der Waals surface area contributed by atoms with E-state index in [1.807, 2.05) is 27.7 Å². The first kappa shape index (κ1) is 32.4. The lowest BCUT2D eigenvalue weighted by Crippen LogP contribution is -2.32. The Morgan fingerprint density at radius 3 is 2.03 bits per heavy atom. The smallest absolute Gasteiger partial charge is 0.408 e. The summed E-state index contributed by atoms with van der Waals surface area (Å²) in [6, 6.07) is 11.2. The molecule has 0 bridgehead atoms. The summed E-state index contributed by atoms with van der Waals surface area (Å²) in [5.74, 6) is -0.419. The number of halogens is 4. The molecule has 0 heterocycles. The number of alkyl carbamates (subject to hydrolysis) is 1. The van der Waals surface area contributed by atoms with Crippen LogP contribution in [-0.4, -0.2) is 18.2 Å². The van der Waals surface area contributed by atoms with Gasteiger partial charge >= 0.3 is 6.09 Å². The van der Waals surface area contributed by atoms with Crippen molar-refractivity contribution in [2.75, 3.05) is 6.54 Å². The highest BCUT2D eigenvalue weighted by Crippen LogP contribution is 2.60. The molecule has 0 aliphatic heterocycles. The van der Waals surface area contributed by atoms with E-state index in [4.69, 9.17) is 10.00 Å². The summed E-state index contributed by atoms with van der Waals surface area (Å²) in [5.41, 5.74) is 0.788. The van der Waals surface area contributed by atoms with Crippen molar-refractivity contribution in [2.45, 2.75) is 65.9 Å². The minimum absolute atomic E-state index is 0.0189. The van der Waals surface area contributed by atoms with E-state index in [1.165, 1.54) is 12.1 Å². The van der Waals surface area contributed by atoms with E-state index in [0.29, 0.717) is 16.7 Å². The van der Waals surface area contributed by atoms with Gasteiger partial charge in [0.15, 0.2) is 0 Å². The summed E-state index contributed by atoms with van der Waals surface area (Å²) in [6.07, 6.45) is -0.556. The lowest BCUT2D eigenvalue weighted by Gasteiger charge is -2.18. The molecule has 0 saturated heterocycles. The highest BCUT2D eigenvalue weighted by atomic mass is 32.3. The molecule has 2 aromatic rings. The number of aryl methyl sites for hydroxylation is 1. The fourth-order valence-corrected chi connectivity index (χ4v) is 2.51. The van der Waals surface area contributed by atoms with Crippen molar-refractivity contribution in [1.82, 2.24) is 5.32 Å². The Morgan fingerprint density at radius 1 is 1.03 bits per heavy atom. The maximum atomic E-state index is 13.4. The summed E-state index contributed by atoms with van der Waals surface area (Å²) in [7, 11) is 0. The zero-order chi connectivity index (χ0) is 26.2. The van der Waals surface area contributed by atoms with E-state index >= 15 is 0 Å². The number of hydrogen-bond donors (Lipinski definition) is 1. The molecule has 0 aromatic heterocycles. The molecule has 1 amide bonds. The third kappa shape index (κ3) is 14.1. The number of hydrogen-bond acceptors (Lipinski definition) is 3. The first-order valence-electron chi connectivity index (χ1n) is 10.5. The minimum atomic E-state index is -5.25. The maximum absolute atomic E-state index is 13.4. The first-order valence-corrected chi connectivity index (χ1v) is 11.8. The Labute approximate surface area is 197 Å². The van der Waals surface area contributed by atoms with Crippen molar-refractivity contribution < 1.29 is 25.6 Å². The molecule has 2 aromatic carbocycles. The largest absolute Gasteiger partial charge is 0.444 e. The first-order chi connectivity index (χ1) is 15.3. The highest BCUT2D eigenvalue weighted by molar-refractivity contribution is 8.20. The Morgan fingerprint density at radius 2 is 1.58 bits per heavy atom. The molecule has 4 nitrogen and oxygen atoms in total. The maximum Gasteiger partial charge on any atom is 0.408 e. The summed E-state index contributed by atoms with van der Waals surface area (Å²) < 4.78 is 56.1. The molecule has 0 spiro atoms. The van der Waals surface area contributed by atoms with Gasteiger partial charge in [-0.15, -0.1) is 11.7 Å². The van der Waals surface area contributed by atoms with Crippen LogP contribution in [0.5, 0.6) is 0 Å². The van der Waals surface area contributed by atoms with Gasteiger partial charge in [0, 0.05) is 0 Å². The average Bonchev–Trinajstić information content (AvgIpc) is 2.76. The molecular formula is C24H34F4N2O2S. The van der Waals surface area contributed by atoms with Crippen LogP contribution in [0.4, 0.5) is 20.8 Å². The molecule has 186 valence electrons. The number of amides is 1. The Kier molecular flexibility index (Phi) is 15.7. The van der Waals surface area contributed by atoms with Crippen molar-refractivity contribution in [2.24, 2.45) is 0 Å². The zero-order valence-corrected chi connectivity index (χ0v) is 21.2. The van der Waals surface area contributed by atoms with Crippen molar-refractivity contribution >= 4 is 17.3 Å². The molecule has 0 fully saturated rings. The normalized spacial score (nSPS) is 10.5. The summed E-state index contributed by atoms with van der Waals surface area (Å²) >= 11 is -5.25. The van der Waals surface area contributed by atoms with E-state index < -0.39 is 33.6 Å². The van der Waals surface area contributed by atoms with Crippen LogP contribution in [0.15, 0.2) is 47.4 Å². The van der Waals surface area contributed by atoms with E-state index in [0.717, 1.165) is 12.1 Å². The van der Waals surface area contributed by atoms with E-state index in [9.17, 15) is 20.8 Å². The van der Waals surface area contributed by atoms with Crippen LogP contribution in [0.25, 0.3) is 11.1 Å². The average molecular weight is 491 g/mol. The third-order valence-corrected chi connectivity index (χ3v) is 4.11. The number of carbonyl (C=O) groups excluding carboxylic acids is 1. The van der Waals surface area contributed by atoms with Gasteiger partial charge in [-0.25, -0.2) is 9.18 Å². The monoisotopic (exact) mass is 490 g/mol. The van der Waals surface area contributed by atoms with Gasteiger partial charge in [0.1, 0.15) is 18.0 Å². The van der Waals surface area contributed by atoms with Gasteiger partial charge in [-0.05, 0) is 62.6 Å². The van der Waals surface area contributed by atoms with E-state index in [1.54, 1.807) is 52.0 Å². The number of benzene rings is 2. The topological polar surface area (TPSA) is 62.1 Å². The van der Waals surface area contributed by atoms with Crippen LogP contribution in [0.2, 0.25) is 0 Å². The predicted molar refractivity (Wildman–Crippen MR) is 128 cm³/mol. The molecular weight excluding hydrogens is 456 g/mol. The molecule has 9 heteroatoms. The van der Waals surface area contributed by atoms with Gasteiger partial charge in [-0.3, -0.25) is 0 Å². The number of ether oxygens (including phenoxy) is 1. The molecule has 0 unspecified atom stereocenters. The SMILES string of the molecule is CC.CC.CC(C)(C)OC(=O)NCC#N.Cc1ccc(-c2cccc(S(F)(F)F)c2)cc1F. The number of nitrogens with zero attached hydrogens (tertiary/aromatic N) is 1. The molecule has 0 radical (unpaired) electrons. The van der Waals surface area contributed by atoms with E-state index in [-0.39, 0.29) is 6.54 Å². The Bertz CT molecular complexity index is 889. The van der Waals surface area contributed by atoms with Crippen LogP contribution in [-0.2, 0) is 4.74 Å². The third-order valence-electron chi connectivity index (χ3n) is 3.32. The second-order valence-corrected chi connectivity index (χ2v) is 8.20. The fraction of sp³-hybridized carbons (Fsp3) is 0.417. The predicted octanol–water partition coefficient (Wildman–Crippen LogP) is 8.71. The number of carbonyl (C=O) groups is 1. The summed E-state index contributed by atoms with van der Waals surface area (Å²) in [6.45, 7) is 14.9. The number of nitriles is 1. The van der Waals surface area contributed by atoms with E-state index in [2.05, 4.69) is 5.32 Å². The molecule has 0 aliphatic rings. The summed E-state index contributed by atoms with van der Waals surface area (Å²) in [5, 5.41) is 10.4. The van der Waals surface area contributed by atoms with Crippen LogP contribution < -0.4 is 5.32 Å². The lowest BCUT2D eigenvalue weighted by atomic mass is 10.0. The molecule has 0 atom stereocenters. The van der Waals surface area contributed by atoms with Crippen molar-refractivity contribution in [1.29, 1.82) is 5.26 Å². The van der Waals surface area contributed by atoms with Gasteiger partial charge in [-0.2, -0.15) is 5.26 Å². The Balaban J connectivity index is 0. The standard InChI is InChI=1S/C13H10F4S.C7H12N2O2.2C2H6/c1-9-5-6-11(8-13(9)14)10-3-2-4-12(7-10)18(15,16)17;1-7(2,3)11-6(10)9-5-4-8;2*1-2/h2-8H,1H3;5H2,1-3H3,(H,9,10);2*1-2H3. The molecule has 2 rings (SSSR count). The van der Waals surface area contributed by atoms with Gasteiger partial charge in [0.2, 0.25) is 11.2 Å². The van der Waals surface area contributed by atoms with Gasteiger partial charge in [-0.1, -0.05) is 52.0 Å². The van der Waals surface area contributed by atoms with Crippen LogP contribution >= 0.6 is 11.2 Å². The Hall–Kier alpha value is -2.73. The van der Waals surface area contributed by atoms with Gasteiger partial charge in [0.05, 0.1) is 11.0 Å². The van der Waals surface area contributed by atoms with Crippen LogP contribution in [0.3, 0.4) is 0 Å². The zero-order valence-electron chi connectivity index (χ0n) is 20.4. The van der Waals surface area contributed by atoms with Crippen molar-refractivity contribution in [3.05, 3.63) is 53.8 Å². The highest BCUT2D eigenvalue weighted by Gasteiger charge is 2.24. The molecule has 0 saturated carbocycles. The van der Waals surface area contributed by atoms with Crippen molar-refractivity contribution in [3.63, 3.8) is 0 Å². The number of nitrogens with one attached hydrogen (secondary N) is 1. The fourth-order valence-electron chi connectivity index (χ4n) is 2.02. The molecule has 1 N–H and O–H groups in total. The van der Waals surface area contributed by atoms with Gasteiger partial charge in [0.25, 0.3) is 0 Å². The molecule has 0 aliphatic carbocycles.